The normalized spacial score (nSPS) is 17.7. The number of imidazole rings is 1. The van der Waals surface area contributed by atoms with Crippen LogP contribution in [-0.4, -0.2) is 28.4 Å². The molecule has 1 aromatic heterocycles. The average Bonchev–Trinajstić information content (AvgIpc) is 3.05. The molecule has 1 atom stereocenters. The van der Waals surface area contributed by atoms with Gasteiger partial charge in [-0.1, -0.05) is 24.3 Å². The second-order valence-corrected chi connectivity index (χ2v) is 6.14. The number of nitrogens with one attached hydrogen (secondary N) is 1. The van der Waals surface area contributed by atoms with Gasteiger partial charge >= 0.3 is 0 Å². The average molecular weight is 341 g/mol. The summed E-state index contributed by atoms with van der Waals surface area (Å²) in [5.74, 6) is -0.299. The zero-order chi connectivity index (χ0) is 17.5. The minimum absolute atomic E-state index is 0.299. The number of hydrogen-bond donors (Lipinski definition) is 1. The van der Waals surface area contributed by atoms with Crippen LogP contribution in [-0.2, 0) is 20.9 Å². The Balaban J connectivity index is 1.46. The third kappa shape index (κ3) is 5.55. The zero-order valence-corrected chi connectivity index (χ0v) is 14.4. The summed E-state index contributed by atoms with van der Waals surface area (Å²) in [6, 6.07) is 8.04. The van der Waals surface area contributed by atoms with E-state index in [1.807, 2.05) is 48.3 Å². The van der Waals surface area contributed by atoms with Gasteiger partial charge in [-0.15, -0.1) is 0 Å². The fourth-order valence-electron chi connectivity index (χ4n) is 2.64. The van der Waals surface area contributed by atoms with E-state index in [0.717, 1.165) is 37.1 Å². The number of carbonyl (C=O) groups is 1. The molecule has 0 radical (unpaired) electrons. The SMILES string of the molecule is Cc1cn(Cc2ccc(C=CC(=O)NOC3CCCCO3)cc2)cn1. The van der Waals surface area contributed by atoms with E-state index in [1.165, 1.54) is 11.6 Å². The minimum Gasteiger partial charge on any atom is -0.350 e. The standard InChI is InChI=1S/C19H23N3O3/c1-15-12-22(14-20-15)13-17-7-5-16(6-8-17)9-10-18(23)21-25-19-4-2-3-11-24-19/h5-10,12,14,19H,2-4,11,13H2,1H3,(H,21,23). The first kappa shape index (κ1) is 17.4. The van der Waals surface area contributed by atoms with E-state index >= 15 is 0 Å². The van der Waals surface area contributed by atoms with Crippen molar-refractivity contribution in [1.29, 1.82) is 0 Å². The van der Waals surface area contributed by atoms with Crippen LogP contribution in [0, 0.1) is 6.92 Å². The highest BCUT2D eigenvalue weighted by molar-refractivity contribution is 5.90. The second kappa shape index (κ2) is 8.60. The lowest BCUT2D eigenvalue weighted by molar-refractivity contribution is -0.198. The molecule has 6 nitrogen and oxygen atoms in total. The van der Waals surface area contributed by atoms with Crippen LogP contribution in [0.5, 0.6) is 0 Å². The number of aromatic nitrogens is 2. The third-order valence-corrected chi connectivity index (χ3v) is 3.96. The molecule has 0 spiro atoms. The van der Waals surface area contributed by atoms with Crippen molar-refractivity contribution in [3.05, 3.63) is 59.7 Å². The number of benzene rings is 1. The number of hydrogen-bond acceptors (Lipinski definition) is 4. The summed E-state index contributed by atoms with van der Waals surface area (Å²) >= 11 is 0. The van der Waals surface area contributed by atoms with E-state index in [4.69, 9.17) is 9.57 Å². The Bertz CT molecular complexity index is 716. The van der Waals surface area contributed by atoms with Crippen LogP contribution >= 0.6 is 0 Å². The number of carbonyl (C=O) groups excluding carboxylic acids is 1. The lowest BCUT2D eigenvalue weighted by Gasteiger charge is -2.21. The van der Waals surface area contributed by atoms with Gasteiger partial charge < -0.3 is 9.30 Å². The molecule has 1 fully saturated rings. The quantitative estimate of drug-likeness (QED) is 0.648. The Kier molecular flexibility index (Phi) is 5.98. The van der Waals surface area contributed by atoms with Crippen LogP contribution in [0.4, 0.5) is 0 Å². The molecule has 3 rings (SSSR count). The van der Waals surface area contributed by atoms with E-state index in [2.05, 4.69) is 10.5 Å². The van der Waals surface area contributed by atoms with Gasteiger partial charge in [-0.25, -0.2) is 15.3 Å². The van der Waals surface area contributed by atoms with E-state index in [0.29, 0.717) is 6.61 Å². The molecule has 1 aliphatic heterocycles. The van der Waals surface area contributed by atoms with Gasteiger partial charge in [0.25, 0.3) is 5.91 Å². The van der Waals surface area contributed by atoms with Gasteiger partial charge in [-0.2, -0.15) is 0 Å². The predicted molar refractivity (Wildman–Crippen MR) is 94.4 cm³/mol. The monoisotopic (exact) mass is 341 g/mol. The maximum absolute atomic E-state index is 11.8. The topological polar surface area (TPSA) is 65.4 Å². The summed E-state index contributed by atoms with van der Waals surface area (Å²) in [7, 11) is 0. The Labute approximate surface area is 147 Å². The minimum atomic E-state index is -0.336. The lowest BCUT2D eigenvalue weighted by atomic mass is 10.1. The van der Waals surface area contributed by atoms with E-state index in [-0.39, 0.29) is 12.2 Å². The van der Waals surface area contributed by atoms with Crippen LogP contribution in [0.3, 0.4) is 0 Å². The Morgan fingerprint density at radius 2 is 2.24 bits per heavy atom. The maximum atomic E-state index is 11.8. The number of hydroxylamine groups is 1. The molecule has 1 amide bonds. The van der Waals surface area contributed by atoms with Gasteiger partial charge in [0.2, 0.25) is 0 Å². The lowest BCUT2D eigenvalue weighted by Crippen LogP contribution is -2.32. The van der Waals surface area contributed by atoms with Crippen molar-refractivity contribution in [2.24, 2.45) is 0 Å². The Morgan fingerprint density at radius 1 is 1.40 bits per heavy atom. The molecule has 0 saturated carbocycles. The summed E-state index contributed by atoms with van der Waals surface area (Å²) < 4.78 is 7.43. The van der Waals surface area contributed by atoms with Crippen molar-refractivity contribution in [1.82, 2.24) is 15.0 Å². The Hall–Kier alpha value is -2.44. The summed E-state index contributed by atoms with van der Waals surface area (Å²) in [4.78, 5) is 21.2. The molecule has 6 heteroatoms. The van der Waals surface area contributed by atoms with Crippen molar-refractivity contribution in [2.75, 3.05) is 6.61 Å². The third-order valence-electron chi connectivity index (χ3n) is 3.96. The zero-order valence-electron chi connectivity index (χ0n) is 14.4. The summed E-state index contributed by atoms with van der Waals surface area (Å²) in [5.41, 5.74) is 5.54. The highest BCUT2D eigenvalue weighted by Gasteiger charge is 2.14. The molecule has 1 saturated heterocycles. The van der Waals surface area contributed by atoms with Gasteiger partial charge in [-0.3, -0.25) is 4.79 Å². The number of ether oxygens (including phenoxy) is 1. The van der Waals surface area contributed by atoms with Crippen molar-refractivity contribution < 1.29 is 14.4 Å². The van der Waals surface area contributed by atoms with Gasteiger partial charge in [0, 0.05) is 31.8 Å². The largest absolute Gasteiger partial charge is 0.350 e. The smallest absolute Gasteiger partial charge is 0.267 e. The second-order valence-electron chi connectivity index (χ2n) is 6.14. The molecule has 132 valence electrons. The van der Waals surface area contributed by atoms with Crippen molar-refractivity contribution in [3.8, 4) is 0 Å². The van der Waals surface area contributed by atoms with Crippen molar-refractivity contribution in [2.45, 2.75) is 39.0 Å². The number of amides is 1. The van der Waals surface area contributed by atoms with E-state index in [9.17, 15) is 4.79 Å². The maximum Gasteiger partial charge on any atom is 0.267 e. The molecule has 1 aromatic carbocycles. The molecule has 0 bridgehead atoms. The highest BCUT2D eigenvalue weighted by Crippen LogP contribution is 2.12. The molecule has 0 aliphatic carbocycles. The molecule has 2 aromatic rings. The summed E-state index contributed by atoms with van der Waals surface area (Å²) in [6.07, 6.45) is 9.62. The van der Waals surface area contributed by atoms with Crippen LogP contribution < -0.4 is 5.48 Å². The fourth-order valence-corrected chi connectivity index (χ4v) is 2.64. The van der Waals surface area contributed by atoms with Crippen LogP contribution in [0.2, 0.25) is 0 Å². The van der Waals surface area contributed by atoms with Crippen molar-refractivity contribution in [3.63, 3.8) is 0 Å². The molecule has 25 heavy (non-hydrogen) atoms. The first-order valence-corrected chi connectivity index (χ1v) is 8.52. The predicted octanol–water partition coefficient (Wildman–Crippen LogP) is 2.83. The Morgan fingerprint density at radius 3 is 2.92 bits per heavy atom. The molecule has 1 aliphatic rings. The highest BCUT2D eigenvalue weighted by atomic mass is 16.8. The first-order valence-electron chi connectivity index (χ1n) is 8.52. The molecule has 1 N–H and O–H groups in total. The molecular weight excluding hydrogens is 318 g/mol. The summed E-state index contributed by atoms with van der Waals surface area (Å²) in [5, 5.41) is 0. The van der Waals surface area contributed by atoms with Gasteiger partial charge in [0.1, 0.15) is 0 Å². The number of rotatable bonds is 6. The number of aryl methyl sites for hydroxylation is 1. The van der Waals surface area contributed by atoms with Gasteiger partial charge in [0.05, 0.1) is 12.0 Å². The van der Waals surface area contributed by atoms with Crippen LogP contribution in [0.15, 0.2) is 42.9 Å². The van der Waals surface area contributed by atoms with E-state index < -0.39 is 0 Å². The first-order chi connectivity index (χ1) is 12.2. The molecular formula is C19H23N3O3. The van der Waals surface area contributed by atoms with Gasteiger partial charge in [0.15, 0.2) is 6.29 Å². The fraction of sp³-hybridized carbons (Fsp3) is 0.368. The van der Waals surface area contributed by atoms with Crippen LogP contribution in [0.25, 0.3) is 6.08 Å². The van der Waals surface area contributed by atoms with Crippen molar-refractivity contribution >= 4 is 12.0 Å². The van der Waals surface area contributed by atoms with Gasteiger partial charge in [-0.05, 0) is 37.0 Å². The van der Waals surface area contributed by atoms with Crippen LogP contribution in [0.1, 0.15) is 36.1 Å². The number of nitrogens with zero attached hydrogens (tertiary/aromatic N) is 2. The summed E-state index contributed by atoms with van der Waals surface area (Å²) in [6.45, 7) is 3.43. The molecule has 1 unspecified atom stereocenters. The van der Waals surface area contributed by atoms with E-state index in [1.54, 1.807) is 6.08 Å². The molecule has 2 heterocycles.